The second kappa shape index (κ2) is 9.45. The van der Waals surface area contributed by atoms with Gasteiger partial charge in [-0.2, -0.15) is 0 Å². The molecule has 3 aromatic carbocycles. The number of benzene rings is 3. The van der Waals surface area contributed by atoms with E-state index in [2.05, 4.69) is 57.4 Å². The van der Waals surface area contributed by atoms with Crippen LogP contribution >= 0.6 is 27.3 Å². The number of rotatable bonds is 6. The summed E-state index contributed by atoms with van der Waals surface area (Å²) in [5.74, 6) is 0.369. The first-order valence-electron chi connectivity index (χ1n) is 9.82. The van der Waals surface area contributed by atoms with Gasteiger partial charge in [-0.25, -0.2) is 4.98 Å². The second-order valence-electron chi connectivity index (χ2n) is 7.14. The molecule has 0 unspecified atom stereocenters. The molecule has 0 aliphatic heterocycles. The average molecular weight is 493 g/mol. The van der Waals surface area contributed by atoms with Gasteiger partial charge in [0.15, 0.2) is 11.7 Å². The van der Waals surface area contributed by atoms with Gasteiger partial charge in [0.05, 0.1) is 10.2 Å². The molecular weight excluding hydrogens is 472 g/mol. The van der Waals surface area contributed by atoms with Crippen LogP contribution in [0.2, 0.25) is 0 Å². The van der Waals surface area contributed by atoms with E-state index >= 15 is 0 Å². The normalized spacial score (nSPS) is 10.7. The summed E-state index contributed by atoms with van der Waals surface area (Å²) in [5, 5.41) is 3.41. The van der Waals surface area contributed by atoms with Gasteiger partial charge in [0.25, 0.3) is 5.91 Å². The Morgan fingerprint density at radius 1 is 0.968 bits per heavy atom. The molecule has 0 aliphatic rings. The van der Waals surface area contributed by atoms with Crippen LogP contribution in [0.1, 0.15) is 10.4 Å². The van der Waals surface area contributed by atoms with Crippen molar-refractivity contribution in [3.8, 4) is 28.1 Å². The van der Waals surface area contributed by atoms with Crippen LogP contribution in [0.4, 0.5) is 5.13 Å². The molecule has 1 amide bonds. The predicted octanol–water partition coefficient (Wildman–Crippen LogP) is 6.87. The van der Waals surface area contributed by atoms with Gasteiger partial charge in [-0.1, -0.05) is 66.2 Å². The summed E-state index contributed by atoms with van der Waals surface area (Å²) >= 11 is 5.00. The molecule has 6 heteroatoms. The number of nitrogens with zero attached hydrogens (tertiary/aromatic N) is 1. The van der Waals surface area contributed by atoms with Crippen molar-refractivity contribution < 1.29 is 9.53 Å². The molecule has 1 heterocycles. The molecule has 4 nitrogen and oxygen atoms in total. The first kappa shape index (κ1) is 21.3. The van der Waals surface area contributed by atoms with E-state index < -0.39 is 0 Å². The quantitative estimate of drug-likeness (QED) is 0.319. The Hall–Kier alpha value is -2.96. The van der Waals surface area contributed by atoms with Crippen molar-refractivity contribution >= 4 is 38.3 Å². The fourth-order valence-electron chi connectivity index (χ4n) is 3.16. The fraction of sp³-hybridized carbons (Fsp3) is 0.120. The molecule has 0 bridgehead atoms. The van der Waals surface area contributed by atoms with Gasteiger partial charge in [0.1, 0.15) is 5.75 Å². The molecule has 0 saturated heterocycles. The molecule has 0 spiro atoms. The molecule has 4 rings (SSSR count). The molecule has 4 aromatic rings. The molecule has 0 atom stereocenters. The number of aromatic nitrogens is 1. The van der Waals surface area contributed by atoms with Crippen molar-refractivity contribution in [2.24, 2.45) is 0 Å². The number of thiazole rings is 1. The van der Waals surface area contributed by atoms with E-state index in [4.69, 9.17) is 4.74 Å². The van der Waals surface area contributed by atoms with Crippen LogP contribution in [0, 0.1) is 13.8 Å². The summed E-state index contributed by atoms with van der Waals surface area (Å²) in [7, 11) is 0. The van der Waals surface area contributed by atoms with E-state index in [0.29, 0.717) is 10.9 Å². The van der Waals surface area contributed by atoms with Gasteiger partial charge >= 0.3 is 0 Å². The van der Waals surface area contributed by atoms with Crippen LogP contribution < -0.4 is 10.1 Å². The Morgan fingerprint density at radius 3 is 2.39 bits per heavy atom. The Labute approximate surface area is 194 Å². The molecule has 1 aromatic heterocycles. The van der Waals surface area contributed by atoms with Crippen LogP contribution in [0.5, 0.6) is 5.75 Å². The third kappa shape index (κ3) is 5.21. The van der Waals surface area contributed by atoms with E-state index in [-0.39, 0.29) is 12.5 Å². The summed E-state index contributed by atoms with van der Waals surface area (Å²) in [6, 6.07) is 24.1. The minimum absolute atomic E-state index is 0.0955. The van der Waals surface area contributed by atoms with E-state index in [1.54, 1.807) is 0 Å². The van der Waals surface area contributed by atoms with Gasteiger partial charge in [-0.15, -0.1) is 11.3 Å². The zero-order valence-electron chi connectivity index (χ0n) is 17.2. The zero-order chi connectivity index (χ0) is 21.8. The van der Waals surface area contributed by atoms with Gasteiger partial charge in [-0.3, -0.25) is 10.1 Å². The Balaban J connectivity index is 1.39. The fourth-order valence-corrected chi connectivity index (χ4v) is 4.50. The van der Waals surface area contributed by atoms with Crippen molar-refractivity contribution in [1.29, 1.82) is 0 Å². The Morgan fingerprint density at radius 2 is 1.68 bits per heavy atom. The minimum atomic E-state index is -0.247. The maximum Gasteiger partial charge on any atom is 0.264 e. The topological polar surface area (TPSA) is 51.2 Å². The van der Waals surface area contributed by atoms with Crippen molar-refractivity contribution in [2.75, 3.05) is 11.9 Å². The number of halogens is 1. The summed E-state index contributed by atoms with van der Waals surface area (Å²) in [6.07, 6.45) is 0. The smallest absolute Gasteiger partial charge is 0.264 e. The minimum Gasteiger partial charge on any atom is -0.483 e. The number of aryl methyl sites for hydroxylation is 2. The molecule has 0 radical (unpaired) electrons. The maximum absolute atomic E-state index is 12.4. The number of ether oxygens (including phenoxy) is 1. The first-order valence-corrected chi connectivity index (χ1v) is 11.4. The summed E-state index contributed by atoms with van der Waals surface area (Å²) in [4.78, 5) is 18.0. The van der Waals surface area contributed by atoms with Gasteiger partial charge in [0.2, 0.25) is 0 Å². The highest BCUT2D eigenvalue weighted by Crippen LogP contribution is 2.32. The summed E-state index contributed by atoms with van der Waals surface area (Å²) < 4.78 is 6.51. The summed E-state index contributed by atoms with van der Waals surface area (Å²) in [6.45, 7) is 3.96. The van der Waals surface area contributed by atoms with Crippen LogP contribution in [-0.2, 0) is 4.79 Å². The monoisotopic (exact) mass is 492 g/mol. The van der Waals surface area contributed by atoms with Gasteiger partial charge < -0.3 is 4.74 Å². The van der Waals surface area contributed by atoms with Gasteiger partial charge in [-0.05, 0) is 53.0 Å². The summed E-state index contributed by atoms with van der Waals surface area (Å²) in [5.41, 5.74) is 5.33. The lowest BCUT2D eigenvalue weighted by Gasteiger charge is -2.10. The molecule has 156 valence electrons. The van der Waals surface area contributed by atoms with E-state index in [1.807, 2.05) is 55.5 Å². The van der Waals surface area contributed by atoms with Crippen LogP contribution in [0.25, 0.3) is 22.4 Å². The second-order valence-corrected chi connectivity index (χ2v) is 9.20. The highest BCUT2D eigenvalue weighted by molar-refractivity contribution is 9.10. The number of anilines is 1. The first-order chi connectivity index (χ1) is 15.0. The number of amides is 1. The van der Waals surface area contributed by atoms with Crippen molar-refractivity contribution in [2.45, 2.75) is 13.8 Å². The van der Waals surface area contributed by atoms with E-state index in [0.717, 1.165) is 31.7 Å². The number of hydrogen-bond donors (Lipinski definition) is 1. The number of carbonyl (C=O) groups is 1. The molecule has 0 fully saturated rings. The largest absolute Gasteiger partial charge is 0.483 e. The lowest BCUT2D eigenvalue weighted by molar-refractivity contribution is -0.118. The highest BCUT2D eigenvalue weighted by Gasteiger charge is 2.13. The van der Waals surface area contributed by atoms with E-state index in [9.17, 15) is 4.79 Å². The van der Waals surface area contributed by atoms with Crippen LogP contribution in [-0.4, -0.2) is 17.5 Å². The van der Waals surface area contributed by atoms with E-state index in [1.165, 1.54) is 16.9 Å². The average Bonchev–Trinajstić information content (AvgIpc) is 3.13. The highest BCUT2D eigenvalue weighted by atomic mass is 79.9. The van der Waals surface area contributed by atoms with Crippen molar-refractivity contribution in [3.05, 3.63) is 87.7 Å². The molecule has 0 aliphatic carbocycles. The third-order valence-corrected chi connectivity index (χ3v) is 6.27. The Kier molecular flexibility index (Phi) is 6.49. The predicted molar refractivity (Wildman–Crippen MR) is 131 cm³/mol. The zero-order valence-corrected chi connectivity index (χ0v) is 19.6. The molecule has 0 saturated carbocycles. The Bertz CT molecular complexity index is 1200. The number of hydrogen-bond acceptors (Lipinski definition) is 4. The molecule has 1 N–H and O–H groups in total. The number of carbonyl (C=O) groups excluding carboxylic acids is 1. The van der Waals surface area contributed by atoms with Crippen molar-refractivity contribution in [3.63, 3.8) is 0 Å². The van der Waals surface area contributed by atoms with Crippen LogP contribution in [0.3, 0.4) is 0 Å². The van der Waals surface area contributed by atoms with Crippen molar-refractivity contribution in [1.82, 2.24) is 4.98 Å². The lowest BCUT2D eigenvalue weighted by Crippen LogP contribution is -2.20. The van der Waals surface area contributed by atoms with Crippen LogP contribution in [0.15, 0.2) is 77.3 Å². The third-order valence-electron chi connectivity index (χ3n) is 4.77. The molecule has 31 heavy (non-hydrogen) atoms. The SMILES string of the molecule is Cc1ccc(-c2nc(NC(=O)COc3ccc(-c4ccccc4)cc3Br)sc2C)cc1. The maximum atomic E-state index is 12.4. The standard InChI is InChI=1S/C25H21BrN2O2S/c1-16-8-10-19(11-9-16)24-17(2)31-25(28-24)27-23(29)15-30-22-13-12-20(14-21(22)26)18-6-4-3-5-7-18/h3-14H,15H2,1-2H3,(H,27,28,29). The number of nitrogens with one attached hydrogen (secondary N) is 1. The molecular formula is C25H21BrN2O2S. The van der Waals surface area contributed by atoms with Gasteiger partial charge in [0, 0.05) is 10.4 Å². The lowest BCUT2D eigenvalue weighted by atomic mass is 10.1.